The Kier molecular flexibility index (Phi) is 6.86. The van der Waals surface area contributed by atoms with Gasteiger partial charge in [0.05, 0.1) is 18.7 Å². The quantitative estimate of drug-likeness (QED) is 0.799. The number of carbonyl (C=O) groups is 2. The number of nitrogens with zero attached hydrogens (tertiary/aromatic N) is 1. The maximum absolute atomic E-state index is 12.3. The predicted octanol–water partition coefficient (Wildman–Crippen LogP) is 3.74. The van der Waals surface area contributed by atoms with Gasteiger partial charge in [-0.25, -0.2) is 0 Å². The molecule has 0 spiro atoms. The number of nitrogens with one attached hydrogen (secondary N) is 1. The average molecular weight is 377 g/mol. The Morgan fingerprint density at radius 2 is 1.85 bits per heavy atom. The minimum absolute atomic E-state index is 0.134. The van der Waals surface area contributed by atoms with E-state index in [0.29, 0.717) is 28.8 Å². The van der Waals surface area contributed by atoms with Crippen molar-refractivity contribution in [3.8, 4) is 11.5 Å². The molecule has 2 aromatic rings. The number of rotatable bonds is 7. The lowest BCUT2D eigenvalue weighted by atomic mass is 10.2. The lowest BCUT2D eigenvalue weighted by Crippen LogP contribution is -2.36. The first-order valence-electron chi connectivity index (χ1n) is 8.09. The normalized spacial score (nSPS) is 10.2. The molecule has 0 bridgehead atoms. The zero-order valence-electron chi connectivity index (χ0n) is 14.9. The van der Waals surface area contributed by atoms with Gasteiger partial charge in [0, 0.05) is 18.3 Å². The minimum Gasteiger partial charge on any atom is -0.495 e. The summed E-state index contributed by atoms with van der Waals surface area (Å²) in [5, 5.41) is 3.12. The Morgan fingerprint density at radius 3 is 2.38 bits per heavy atom. The van der Waals surface area contributed by atoms with Gasteiger partial charge in [0.25, 0.3) is 0 Å². The van der Waals surface area contributed by atoms with Crippen LogP contribution in [0.1, 0.15) is 13.8 Å². The molecule has 0 fully saturated rings. The van der Waals surface area contributed by atoms with Gasteiger partial charge in [-0.1, -0.05) is 11.6 Å². The summed E-state index contributed by atoms with van der Waals surface area (Å²) < 4.78 is 10.5. The third-order valence-corrected chi connectivity index (χ3v) is 3.87. The number of amides is 2. The van der Waals surface area contributed by atoms with Gasteiger partial charge >= 0.3 is 0 Å². The van der Waals surface area contributed by atoms with Gasteiger partial charge in [-0.2, -0.15) is 0 Å². The Balaban J connectivity index is 2.08. The van der Waals surface area contributed by atoms with Gasteiger partial charge in [-0.05, 0) is 49.4 Å². The molecule has 0 aliphatic carbocycles. The fourth-order valence-electron chi connectivity index (χ4n) is 2.35. The molecule has 0 atom stereocenters. The Bertz CT molecular complexity index is 778. The molecule has 2 rings (SSSR count). The maximum atomic E-state index is 12.3. The predicted molar refractivity (Wildman–Crippen MR) is 102 cm³/mol. The molecule has 6 nitrogen and oxygen atoms in total. The summed E-state index contributed by atoms with van der Waals surface area (Å²) in [7, 11) is 1.51. The van der Waals surface area contributed by atoms with E-state index in [1.54, 1.807) is 42.5 Å². The van der Waals surface area contributed by atoms with Crippen LogP contribution in [0.2, 0.25) is 5.02 Å². The van der Waals surface area contributed by atoms with Gasteiger partial charge in [0.15, 0.2) is 0 Å². The lowest BCUT2D eigenvalue weighted by molar-refractivity contribution is -0.120. The summed E-state index contributed by atoms with van der Waals surface area (Å²) >= 11 is 6.11. The first-order valence-corrected chi connectivity index (χ1v) is 8.46. The topological polar surface area (TPSA) is 67.9 Å². The summed E-state index contributed by atoms with van der Waals surface area (Å²) in [5.41, 5.74) is 1.14. The Labute approximate surface area is 157 Å². The van der Waals surface area contributed by atoms with Crippen molar-refractivity contribution in [2.45, 2.75) is 13.8 Å². The largest absolute Gasteiger partial charge is 0.495 e. The molecule has 0 heterocycles. The molecule has 0 saturated heterocycles. The highest BCUT2D eigenvalue weighted by atomic mass is 35.5. The SMILES string of the molecule is CCOc1ccc(NC(=O)CN(C(C)=O)c2ccc(OC)c(Cl)c2)cc1. The van der Waals surface area contributed by atoms with E-state index in [4.69, 9.17) is 21.1 Å². The zero-order chi connectivity index (χ0) is 19.1. The number of anilines is 2. The fraction of sp³-hybridized carbons (Fsp3) is 0.263. The van der Waals surface area contributed by atoms with E-state index in [0.717, 1.165) is 5.75 Å². The number of ether oxygens (including phenoxy) is 2. The van der Waals surface area contributed by atoms with Crippen molar-refractivity contribution in [1.82, 2.24) is 0 Å². The van der Waals surface area contributed by atoms with Crippen LogP contribution in [0.15, 0.2) is 42.5 Å². The molecule has 0 aliphatic rings. The van der Waals surface area contributed by atoms with E-state index in [1.165, 1.54) is 18.9 Å². The van der Waals surface area contributed by atoms with Gasteiger partial charge < -0.3 is 19.7 Å². The fourth-order valence-corrected chi connectivity index (χ4v) is 2.60. The molecule has 1 N–H and O–H groups in total. The van der Waals surface area contributed by atoms with Gasteiger partial charge in [0.1, 0.15) is 18.0 Å². The highest BCUT2D eigenvalue weighted by Gasteiger charge is 2.17. The van der Waals surface area contributed by atoms with E-state index >= 15 is 0 Å². The summed E-state index contributed by atoms with van der Waals surface area (Å²) in [6.45, 7) is 3.73. The van der Waals surface area contributed by atoms with Crippen LogP contribution in [0.5, 0.6) is 11.5 Å². The van der Waals surface area contributed by atoms with E-state index in [2.05, 4.69) is 5.32 Å². The van der Waals surface area contributed by atoms with Crippen molar-refractivity contribution in [1.29, 1.82) is 0 Å². The molecule has 2 amide bonds. The molecule has 26 heavy (non-hydrogen) atoms. The summed E-state index contributed by atoms with van der Waals surface area (Å²) in [4.78, 5) is 25.6. The van der Waals surface area contributed by atoms with Crippen LogP contribution in [0.3, 0.4) is 0 Å². The number of hydrogen-bond donors (Lipinski definition) is 1. The van der Waals surface area contributed by atoms with E-state index < -0.39 is 0 Å². The van der Waals surface area contributed by atoms with Crippen LogP contribution in [0.4, 0.5) is 11.4 Å². The number of carbonyl (C=O) groups excluding carboxylic acids is 2. The van der Waals surface area contributed by atoms with Crippen molar-refractivity contribution in [3.05, 3.63) is 47.5 Å². The van der Waals surface area contributed by atoms with Gasteiger partial charge in [-0.3, -0.25) is 9.59 Å². The van der Waals surface area contributed by atoms with E-state index in [9.17, 15) is 9.59 Å². The molecule has 0 unspecified atom stereocenters. The summed E-state index contributed by atoms with van der Waals surface area (Å²) in [6.07, 6.45) is 0. The summed E-state index contributed by atoms with van der Waals surface area (Å²) in [6, 6.07) is 11.9. The molecule has 0 saturated carbocycles. The Morgan fingerprint density at radius 1 is 1.15 bits per heavy atom. The van der Waals surface area contributed by atoms with Gasteiger partial charge in [-0.15, -0.1) is 0 Å². The number of halogens is 1. The third-order valence-electron chi connectivity index (χ3n) is 3.58. The summed E-state index contributed by atoms with van der Waals surface area (Å²) in [5.74, 6) is 0.630. The second kappa shape index (κ2) is 9.10. The van der Waals surface area contributed by atoms with Crippen molar-refractivity contribution < 1.29 is 19.1 Å². The number of hydrogen-bond acceptors (Lipinski definition) is 4. The average Bonchev–Trinajstić information content (AvgIpc) is 2.61. The molecular weight excluding hydrogens is 356 g/mol. The van der Waals surface area contributed by atoms with Crippen LogP contribution in [0, 0.1) is 0 Å². The van der Waals surface area contributed by atoms with Crippen LogP contribution < -0.4 is 19.7 Å². The second-order valence-electron chi connectivity index (χ2n) is 5.43. The van der Waals surface area contributed by atoms with Crippen LogP contribution in [-0.4, -0.2) is 32.1 Å². The van der Waals surface area contributed by atoms with Gasteiger partial charge in [0.2, 0.25) is 11.8 Å². The molecule has 0 radical (unpaired) electrons. The van der Waals surface area contributed by atoms with Crippen LogP contribution >= 0.6 is 11.6 Å². The van der Waals surface area contributed by atoms with E-state index in [-0.39, 0.29) is 18.4 Å². The molecule has 0 aromatic heterocycles. The highest BCUT2D eigenvalue weighted by molar-refractivity contribution is 6.32. The standard InChI is InChI=1S/C19H21ClN2O4/c1-4-26-16-8-5-14(6-9-16)21-19(24)12-22(13(2)23)15-7-10-18(25-3)17(20)11-15/h5-11H,4,12H2,1-3H3,(H,21,24). The highest BCUT2D eigenvalue weighted by Crippen LogP contribution is 2.29. The van der Waals surface area contributed by atoms with Crippen LogP contribution in [-0.2, 0) is 9.59 Å². The van der Waals surface area contributed by atoms with Crippen molar-refractivity contribution in [2.75, 3.05) is 30.5 Å². The Hall–Kier alpha value is -2.73. The maximum Gasteiger partial charge on any atom is 0.244 e. The van der Waals surface area contributed by atoms with Crippen molar-refractivity contribution >= 4 is 34.8 Å². The first-order chi connectivity index (χ1) is 12.4. The van der Waals surface area contributed by atoms with Crippen molar-refractivity contribution in [3.63, 3.8) is 0 Å². The number of methoxy groups -OCH3 is 1. The van der Waals surface area contributed by atoms with Crippen molar-refractivity contribution in [2.24, 2.45) is 0 Å². The third kappa shape index (κ3) is 5.13. The molecule has 7 heteroatoms. The molecule has 138 valence electrons. The molecular formula is C19H21ClN2O4. The minimum atomic E-state index is -0.323. The zero-order valence-corrected chi connectivity index (χ0v) is 15.7. The lowest BCUT2D eigenvalue weighted by Gasteiger charge is -2.21. The monoisotopic (exact) mass is 376 g/mol. The first kappa shape index (κ1) is 19.6. The molecule has 0 aliphatic heterocycles. The number of benzene rings is 2. The smallest absolute Gasteiger partial charge is 0.244 e. The second-order valence-corrected chi connectivity index (χ2v) is 5.84. The van der Waals surface area contributed by atoms with Crippen LogP contribution in [0.25, 0.3) is 0 Å². The molecule has 2 aromatic carbocycles. The van der Waals surface area contributed by atoms with E-state index in [1.807, 2.05) is 6.92 Å².